The van der Waals surface area contributed by atoms with Crippen LogP contribution in [0.5, 0.6) is 0 Å². The summed E-state index contributed by atoms with van der Waals surface area (Å²) in [6, 6.07) is 5.93. The summed E-state index contributed by atoms with van der Waals surface area (Å²) in [5.41, 5.74) is 1.47. The molecule has 108 valence electrons. The van der Waals surface area contributed by atoms with Gasteiger partial charge >= 0.3 is 6.18 Å². The Morgan fingerprint density at radius 1 is 1.15 bits per heavy atom. The van der Waals surface area contributed by atoms with Crippen LogP contribution in [0.15, 0.2) is 29.6 Å². The standard InChI is InChI=1S/C13H12F4N2S/c14-10-3-1-9(2-4-10)12-19-11(8-20-12)7-18-6-5-13(15,16)17/h1-4,8,18H,5-7H2. The molecule has 0 bridgehead atoms. The predicted octanol–water partition coefficient (Wildman–Crippen LogP) is 3.99. The van der Waals surface area contributed by atoms with E-state index in [4.69, 9.17) is 0 Å². The Balaban J connectivity index is 1.88. The second kappa shape index (κ2) is 6.32. The smallest absolute Gasteiger partial charge is 0.311 e. The lowest BCUT2D eigenvalue weighted by atomic mass is 10.2. The van der Waals surface area contributed by atoms with Gasteiger partial charge in [-0.05, 0) is 24.3 Å². The quantitative estimate of drug-likeness (QED) is 0.667. The van der Waals surface area contributed by atoms with Gasteiger partial charge in [0.25, 0.3) is 0 Å². The van der Waals surface area contributed by atoms with Crippen molar-refractivity contribution in [3.63, 3.8) is 0 Å². The Morgan fingerprint density at radius 3 is 2.50 bits per heavy atom. The van der Waals surface area contributed by atoms with Gasteiger partial charge in [0, 0.05) is 24.0 Å². The molecule has 20 heavy (non-hydrogen) atoms. The third kappa shape index (κ3) is 4.57. The largest absolute Gasteiger partial charge is 0.390 e. The molecule has 7 heteroatoms. The lowest BCUT2D eigenvalue weighted by Gasteiger charge is -2.06. The zero-order valence-corrected chi connectivity index (χ0v) is 11.2. The van der Waals surface area contributed by atoms with Gasteiger partial charge in [0.05, 0.1) is 12.1 Å². The normalized spacial score (nSPS) is 11.8. The third-order valence-electron chi connectivity index (χ3n) is 2.53. The lowest BCUT2D eigenvalue weighted by molar-refractivity contribution is -0.133. The molecule has 1 N–H and O–H groups in total. The van der Waals surface area contributed by atoms with Gasteiger partial charge in [0.15, 0.2) is 0 Å². The SMILES string of the molecule is Fc1ccc(-c2nc(CNCCC(F)(F)F)cs2)cc1. The summed E-state index contributed by atoms with van der Waals surface area (Å²) in [6.45, 7) is 0.153. The fourth-order valence-corrected chi connectivity index (χ4v) is 2.39. The summed E-state index contributed by atoms with van der Waals surface area (Å²) in [7, 11) is 0. The van der Waals surface area contributed by atoms with Crippen molar-refractivity contribution in [2.75, 3.05) is 6.54 Å². The number of aromatic nitrogens is 1. The average Bonchev–Trinajstić information content (AvgIpc) is 2.83. The maximum absolute atomic E-state index is 12.8. The van der Waals surface area contributed by atoms with E-state index in [1.54, 1.807) is 17.5 Å². The molecule has 0 spiro atoms. The molecule has 0 saturated heterocycles. The van der Waals surface area contributed by atoms with Crippen molar-refractivity contribution in [2.24, 2.45) is 0 Å². The van der Waals surface area contributed by atoms with Crippen LogP contribution in [-0.4, -0.2) is 17.7 Å². The minimum absolute atomic E-state index is 0.132. The summed E-state index contributed by atoms with van der Waals surface area (Å²) in [6.07, 6.45) is -5.00. The van der Waals surface area contributed by atoms with E-state index in [-0.39, 0.29) is 18.9 Å². The number of nitrogens with one attached hydrogen (secondary N) is 1. The first-order valence-corrected chi connectivity index (χ1v) is 6.80. The number of hydrogen-bond donors (Lipinski definition) is 1. The van der Waals surface area contributed by atoms with Crippen molar-refractivity contribution in [3.8, 4) is 10.6 Å². The maximum Gasteiger partial charge on any atom is 0.390 e. The number of benzene rings is 1. The zero-order valence-electron chi connectivity index (χ0n) is 10.4. The molecule has 0 radical (unpaired) electrons. The Morgan fingerprint density at radius 2 is 1.85 bits per heavy atom. The molecule has 1 aromatic carbocycles. The summed E-state index contributed by atoms with van der Waals surface area (Å²) < 4.78 is 48.7. The molecule has 0 aliphatic rings. The number of halogens is 4. The molecular formula is C13H12F4N2S. The van der Waals surface area contributed by atoms with Crippen LogP contribution >= 0.6 is 11.3 Å². The van der Waals surface area contributed by atoms with Crippen LogP contribution in [-0.2, 0) is 6.54 Å². The van der Waals surface area contributed by atoms with Gasteiger partial charge in [0.2, 0.25) is 0 Å². The number of thiazole rings is 1. The highest BCUT2D eigenvalue weighted by molar-refractivity contribution is 7.13. The molecule has 1 aromatic heterocycles. The summed E-state index contributed by atoms with van der Waals surface area (Å²) >= 11 is 1.38. The van der Waals surface area contributed by atoms with E-state index in [9.17, 15) is 17.6 Å². The zero-order chi connectivity index (χ0) is 14.6. The molecule has 0 fully saturated rings. The average molecular weight is 304 g/mol. The molecule has 0 unspecified atom stereocenters. The highest BCUT2D eigenvalue weighted by Gasteiger charge is 2.25. The minimum atomic E-state index is -4.14. The fraction of sp³-hybridized carbons (Fsp3) is 0.308. The van der Waals surface area contributed by atoms with E-state index in [0.717, 1.165) is 10.6 Å². The number of alkyl halides is 3. The van der Waals surface area contributed by atoms with Gasteiger partial charge in [-0.15, -0.1) is 11.3 Å². The van der Waals surface area contributed by atoms with Crippen LogP contribution in [0.2, 0.25) is 0 Å². The van der Waals surface area contributed by atoms with Crippen molar-refractivity contribution in [3.05, 3.63) is 41.2 Å². The van der Waals surface area contributed by atoms with Crippen molar-refractivity contribution in [1.82, 2.24) is 10.3 Å². The van der Waals surface area contributed by atoms with Crippen molar-refractivity contribution in [1.29, 1.82) is 0 Å². The molecular weight excluding hydrogens is 292 g/mol. The molecule has 0 saturated carbocycles. The summed E-state index contributed by atoms with van der Waals surface area (Å²) in [5.74, 6) is -0.320. The van der Waals surface area contributed by atoms with Crippen molar-refractivity contribution >= 4 is 11.3 Å². The van der Waals surface area contributed by atoms with Gasteiger partial charge in [-0.2, -0.15) is 13.2 Å². The molecule has 0 atom stereocenters. The molecule has 2 rings (SSSR count). The Hall–Kier alpha value is -1.47. The second-order valence-electron chi connectivity index (χ2n) is 4.19. The first-order valence-electron chi connectivity index (χ1n) is 5.92. The van der Waals surface area contributed by atoms with Gasteiger partial charge in [-0.25, -0.2) is 9.37 Å². The van der Waals surface area contributed by atoms with E-state index < -0.39 is 12.6 Å². The lowest BCUT2D eigenvalue weighted by Crippen LogP contribution is -2.21. The van der Waals surface area contributed by atoms with E-state index in [1.165, 1.54) is 23.5 Å². The molecule has 2 aromatic rings. The van der Waals surface area contributed by atoms with Crippen LogP contribution in [0, 0.1) is 5.82 Å². The van der Waals surface area contributed by atoms with Crippen LogP contribution in [0.25, 0.3) is 10.6 Å². The second-order valence-corrected chi connectivity index (χ2v) is 5.05. The van der Waals surface area contributed by atoms with Crippen LogP contribution in [0.4, 0.5) is 17.6 Å². The Kier molecular flexibility index (Phi) is 4.72. The van der Waals surface area contributed by atoms with Crippen LogP contribution < -0.4 is 5.32 Å². The van der Waals surface area contributed by atoms with E-state index in [2.05, 4.69) is 10.3 Å². The highest BCUT2D eigenvalue weighted by Crippen LogP contribution is 2.24. The van der Waals surface area contributed by atoms with Crippen LogP contribution in [0.1, 0.15) is 12.1 Å². The molecule has 0 amide bonds. The summed E-state index contributed by atoms with van der Waals surface area (Å²) in [5, 5.41) is 5.19. The highest BCUT2D eigenvalue weighted by atomic mass is 32.1. The van der Waals surface area contributed by atoms with Crippen LogP contribution in [0.3, 0.4) is 0 Å². The Bertz CT molecular complexity index is 548. The van der Waals surface area contributed by atoms with Crippen molar-refractivity contribution < 1.29 is 17.6 Å². The fourth-order valence-electron chi connectivity index (χ4n) is 1.56. The third-order valence-corrected chi connectivity index (χ3v) is 3.47. The van der Waals surface area contributed by atoms with E-state index in [0.29, 0.717) is 5.69 Å². The maximum atomic E-state index is 12.8. The van der Waals surface area contributed by atoms with Gasteiger partial charge < -0.3 is 5.32 Å². The Labute approximate surface area is 117 Å². The molecule has 2 nitrogen and oxygen atoms in total. The first kappa shape index (κ1) is 14.9. The predicted molar refractivity (Wildman–Crippen MR) is 69.9 cm³/mol. The number of rotatable bonds is 5. The minimum Gasteiger partial charge on any atom is -0.311 e. The number of nitrogens with zero attached hydrogens (tertiary/aromatic N) is 1. The number of hydrogen-bond acceptors (Lipinski definition) is 3. The van der Waals surface area contributed by atoms with Crippen molar-refractivity contribution in [2.45, 2.75) is 19.1 Å². The molecule has 0 aliphatic heterocycles. The first-order chi connectivity index (χ1) is 9.44. The van der Waals surface area contributed by atoms with E-state index in [1.807, 2.05) is 0 Å². The van der Waals surface area contributed by atoms with Gasteiger partial charge in [-0.3, -0.25) is 0 Å². The van der Waals surface area contributed by atoms with Gasteiger partial charge in [0.1, 0.15) is 10.8 Å². The summed E-state index contributed by atoms with van der Waals surface area (Å²) in [4.78, 5) is 4.30. The molecule has 0 aliphatic carbocycles. The van der Waals surface area contributed by atoms with E-state index >= 15 is 0 Å². The topological polar surface area (TPSA) is 24.9 Å². The molecule has 1 heterocycles. The monoisotopic (exact) mass is 304 g/mol. The van der Waals surface area contributed by atoms with Gasteiger partial charge in [-0.1, -0.05) is 0 Å².